The summed E-state index contributed by atoms with van der Waals surface area (Å²) < 4.78 is 14.1. The van der Waals surface area contributed by atoms with E-state index in [2.05, 4.69) is 6.07 Å². The summed E-state index contributed by atoms with van der Waals surface area (Å²) in [5.74, 6) is -0.761. The quantitative estimate of drug-likeness (QED) is 0.420. The highest BCUT2D eigenvalue weighted by Crippen LogP contribution is 2.47. The summed E-state index contributed by atoms with van der Waals surface area (Å²) in [6.07, 6.45) is 1.38. The number of anilines is 1. The third-order valence-electron chi connectivity index (χ3n) is 6.02. The monoisotopic (exact) mass is 428 g/mol. The number of halogens is 2. The third-order valence-corrected chi connectivity index (χ3v) is 6.34. The van der Waals surface area contributed by atoms with Gasteiger partial charge in [0.2, 0.25) is 0 Å². The number of hydrogen-bond acceptors (Lipinski definition) is 5. The number of amides is 1. The van der Waals surface area contributed by atoms with E-state index in [1.807, 2.05) is 4.90 Å². The molecule has 2 aromatic carbocycles. The minimum atomic E-state index is -0.626. The molecule has 2 heterocycles. The molecule has 0 bridgehead atoms. The number of piperidine rings is 1. The summed E-state index contributed by atoms with van der Waals surface area (Å²) in [4.78, 5) is 27.5. The molecule has 0 atom stereocenters. The molecule has 0 saturated carbocycles. The largest absolute Gasteiger partial charge is 0.307 e. The number of fused-ring (bicyclic) bond motifs is 2. The summed E-state index contributed by atoms with van der Waals surface area (Å²) >= 11 is 5.87. The number of nitriles is 1. The molecule has 30 heavy (non-hydrogen) atoms. The Morgan fingerprint density at radius 3 is 2.67 bits per heavy atom. The first-order valence-electron chi connectivity index (χ1n) is 9.50. The summed E-state index contributed by atoms with van der Waals surface area (Å²) in [7, 11) is 0. The van der Waals surface area contributed by atoms with E-state index < -0.39 is 10.3 Å². The lowest BCUT2D eigenvalue weighted by atomic mass is 9.74. The van der Waals surface area contributed by atoms with E-state index in [-0.39, 0.29) is 28.0 Å². The number of nitro benzene ring substituents is 1. The van der Waals surface area contributed by atoms with Crippen LogP contribution < -0.4 is 4.90 Å². The van der Waals surface area contributed by atoms with Gasteiger partial charge in [-0.1, -0.05) is 11.6 Å². The van der Waals surface area contributed by atoms with Gasteiger partial charge in [-0.25, -0.2) is 4.39 Å². The molecule has 154 valence electrons. The maximum absolute atomic E-state index is 14.1. The second-order valence-corrected chi connectivity index (χ2v) is 8.10. The normalized spacial score (nSPS) is 17.6. The molecule has 0 radical (unpaired) electrons. The lowest BCUT2D eigenvalue weighted by molar-refractivity contribution is -0.384. The average Bonchev–Trinajstić information content (AvgIpc) is 3.03. The Balaban J connectivity index is 1.69. The van der Waals surface area contributed by atoms with E-state index >= 15 is 0 Å². The number of likely N-dealkylation sites (tertiary alicyclic amines) is 1. The van der Waals surface area contributed by atoms with Crippen molar-refractivity contribution in [1.29, 1.82) is 5.26 Å². The van der Waals surface area contributed by atoms with Crippen LogP contribution in [0.5, 0.6) is 0 Å². The second-order valence-electron chi connectivity index (χ2n) is 7.69. The van der Waals surface area contributed by atoms with Crippen molar-refractivity contribution in [2.24, 2.45) is 0 Å². The summed E-state index contributed by atoms with van der Waals surface area (Å²) in [6.45, 7) is 2.06. The van der Waals surface area contributed by atoms with E-state index in [0.717, 1.165) is 5.56 Å². The first kappa shape index (κ1) is 20.3. The Morgan fingerprint density at radius 2 is 2.00 bits per heavy atom. The van der Waals surface area contributed by atoms with Crippen LogP contribution in [0.3, 0.4) is 0 Å². The van der Waals surface area contributed by atoms with E-state index in [9.17, 15) is 19.3 Å². The van der Waals surface area contributed by atoms with Crippen molar-refractivity contribution in [2.45, 2.75) is 18.3 Å². The van der Waals surface area contributed by atoms with Crippen LogP contribution in [0.4, 0.5) is 15.8 Å². The molecule has 0 unspecified atom stereocenters. The maximum Gasteiger partial charge on any atom is 0.288 e. The highest BCUT2D eigenvalue weighted by molar-refractivity contribution is 6.32. The molecular weight excluding hydrogens is 411 g/mol. The lowest BCUT2D eigenvalue weighted by Gasteiger charge is -2.39. The molecule has 2 aromatic rings. The van der Waals surface area contributed by atoms with Crippen LogP contribution in [0.2, 0.25) is 5.02 Å². The smallest absolute Gasteiger partial charge is 0.288 e. The van der Waals surface area contributed by atoms with Crippen LogP contribution in [-0.4, -0.2) is 41.9 Å². The highest BCUT2D eigenvalue weighted by atomic mass is 35.5. The molecule has 1 fully saturated rings. The van der Waals surface area contributed by atoms with Gasteiger partial charge in [0.05, 0.1) is 17.5 Å². The van der Waals surface area contributed by atoms with Crippen LogP contribution in [0.15, 0.2) is 36.4 Å². The molecule has 0 N–H and O–H groups in total. The lowest BCUT2D eigenvalue weighted by Crippen LogP contribution is -2.46. The standard InChI is InChI=1S/C21H18ClFN4O3/c22-17-3-1-14(11-19(17)27(29)30)20(28)26-13-21(5-8-25(9-6-21)10-7-24)16-12-15(23)2-4-18(16)26/h1-4,11-12H,5-6,8-10,13H2. The number of benzene rings is 2. The van der Waals surface area contributed by atoms with Gasteiger partial charge < -0.3 is 4.90 Å². The van der Waals surface area contributed by atoms with Crippen molar-refractivity contribution in [3.05, 3.63) is 68.5 Å². The van der Waals surface area contributed by atoms with Gasteiger partial charge in [-0.2, -0.15) is 5.26 Å². The van der Waals surface area contributed by atoms with Crippen LogP contribution in [0.1, 0.15) is 28.8 Å². The van der Waals surface area contributed by atoms with Gasteiger partial charge in [0, 0.05) is 42.4 Å². The van der Waals surface area contributed by atoms with E-state index in [0.29, 0.717) is 44.7 Å². The van der Waals surface area contributed by atoms with Crippen LogP contribution in [0.25, 0.3) is 0 Å². The zero-order valence-electron chi connectivity index (χ0n) is 16.0. The molecule has 0 aliphatic carbocycles. The molecule has 0 aromatic heterocycles. The number of rotatable bonds is 3. The van der Waals surface area contributed by atoms with Crippen molar-refractivity contribution in [1.82, 2.24) is 4.90 Å². The van der Waals surface area contributed by atoms with E-state index in [4.69, 9.17) is 16.9 Å². The Kier molecular flexibility index (Phi) is 5.18. The van der Waals surface area contributed by atoms with Gasteiger partial charge in [0.1, 0.15) is 10.8 Å². The molecule has 1 spiro atoms. The zero-order chi connectivity index (χ0) is 21.5. The van der Waals surface area contributed by atoms with Crippen molar-refractivity contribution >= 4 is 28.9 Å². The number of nitro groups is 1. The minimum Gasteiger partial charge on any atom is -0.307 e. The number of nitrogens with zero attached hydrogens (tertiary/aromatic N) is 4. The van der Waals surface area contributed by atoms with Gasteiger partial charge in [-0.3, -0.25) is 19.8 Å². The van der Waals surface area contributed by atoms with Crippen molar-refractivity contribution in [3.63, 3.8) is 0 Å². The van der Waals surface area contributed by atoms with Gasteiger partial charge in [-0.05, 0) is 48.7 Å². The summed E-state index contributed by atoms with van der Waals surface area (Å²) in [5.41, 5.74) is 0.807. The van der Waals surface area contributed by atoms with Crippen molar-refractivity contribution in [2.75, 3.05) is 31.1 Å². The Morgan fingerprint density at radius 1 is 1.27 bits per heavy atom. The van der Waals surface area contributed by atoms with Gasteiger partial charge in [0.25, 0.3) is 11.6 Å². The van der Waals surface area contributed by atoms with Gasteiger partial charge in [0.15, 0.2) is 0 Å². The van der Waals surface area contributed by atoms with Crippen molar-refractivity contribution in [3.8, 4) is 6.07 Å². The summed E-state index contributed by atoms with van der Waals surface area (Å²) in [6, 6.07) is 10.5. The van der Waals surface area contributed by atoms with Crippen LogP contribution >= 0.6 is 11.6 Å². The average molecular weight is 429 g/mol. The molecule has 1 amide bonds. The second kappa shape index (κ2) is 7.67. The van der Waals surface area contributed by atoms with Crippen LogP contribution in [-0.2, 0) is 5.41 Å². The summed E-state index contributed by atoms with van der Waals surface area (Å²) in [5, 5.41) is 20.1. The zero-order valence-corrected chi connectivity index (χ0v) is 16.7. The predicted octanol–water partition coefficient (Wildman–Crippen LogP) is 3.90. The molecule has 1 saturated heterocycles. The molecular formula is C21H18ClFN4O3. The molecule has 4 rings (SSSR count). The van der Waals surface area contributed by atoms with E-state index in [1.54, 1.807) is 11.0 Å². The Hall–Kier alpha value is -3.02. The first-order chi connectivity index (χ1) is 14.3. The van der Waals surface area contributed by atoms with Gasteiger partial charge in [-0.15, -0.1) is 0 Å². The van der Waals surface area contributed by atoms with Crippen LogP contribution in [0, 0.1) is 27.3 Å². The number of carbonyl (C=O) groups excluding carboxylic acids is 1. The number of hydrogen-bond donors (Lipinski definition) is 0. The fraction of sp³-hybridized carbons (Fsp3) is 0.333. The molecule has 2 aliphatic rings. The first-order valence-corrected chi connectivity index (χ1v) is 9.87. The minimum absolute atomic E-state index is 0.0400. The molecule has 9 heteroatoms. The predicted molar refractivity (Wildman–Crippen MR) is 109 cm³/mol. The Bertz CT molecular complexity index is 1080. The Labute approximate surface area is 177 Å². The third kappa shape index (κ3) is 3.40. The molecule has 7 nitrogen and oxygen atoms in total. The SMILES string of the molecule is N#CCN1CCC2(CC1)CN(C(=O)c1ccc(Cl)c([N+](=O)[O-])c1)c1ccc(F)cc12. The maximum atomic E-state index is 14.1. The topological polar surface area (TPSA) is 90.5 Å². The highest BCUT2D eigenvalue weighted by Gasteiger charge is 2.46. The fourth-order valence-corrected chi connectivity index (χ4v) is 4.62. The van der Waals surface area contributed by atoms with E-state index in [1.165, 1.54) is 30.3 Å². The van der Waals surface area contributed by atoms with Crippen molar-refractivity contribution < 1.29 is 14.1 Å². The number of carbonyl (C=O) groups is 1. The van der Waals surface area contributed by atoms with Gasteiger partial charge >= 0.3 is 0 Å². The fourth-order valence-electron chi connectivity index (χ4n) is 4.43. The molecule has 2 aliphatic heterocycles.